The molecule has 0 N–H and O–H groups in total. The lowest BCUT2D eigenvalue weighted by Crippen LogP contribution is -2.27. The van der Waals surface area contributed by atoms with Crippen molar-refractivity contribution in [2.75, 3.05) is 0 Å². The molecule has 5 nitrogen and oxygen atoms in total. The average molecular weight is 298 g/mol. The average Bonchev–Trinajstić information content (AvgIpc) is 2.57. The number of halogens is 1. The fourth-order valence-corrected chi connectivity index (χ4v) is 1.68. The van der Waals surface area contributed by atoms with E-state index in [1.807, 2.05) is 6.07 Å². The van der Waals surface area contributed by atoms with Crippen molar-refractivity contribution < 1.29 is 9.53 Å². The van der Waals surface area contributed by atoms with Crippen LogP contribution < -0.4 is 0 Å². The van der Waals surface area contributed by atoms with Crippen LogP contribution in [0.4, 0.5) is 4.79 Å². The van der Waals surface area contributed by atoms with Crippen molar-refractivity contribution in [2.45, 2.75) is 26.4 Å². The van der Waals surface area contributed by atoms with Gasteiger partial charge in [-0.1, -0.05) is 21.1 Å². The van der Waals surface area contributed by atoms with E-state index in [2.05, 4.69) is 26.2 Å². The van der Waals surface area contributed by atoms with Crippen LogP contribution in [0.15, 0.2) is 22.7 Å². The lowest BCUT2D eigenvalue weighted by Gasteiger charge is -2.18. The molecule has 0 fully saturated rings. The Kier molecular flexibility index (Phi) is 2.91. The summed E-state index contributed by atoms with van der Waals surface area (Å²) < 4.78 is 7.25. The Morgan fingerprint density at radius 3 is 2.76 bits per heavy atom. The van der Waals surface area contributed by atoms with E-state index < -0.39 is 11.7 Å². The van der Waals surface area contributed by atoms with Gasteiger partial charge >= 0.3 is 6.09 Å². The zero-order chi connectivity index (χ0) is 12.6. The maximum Gasteiger partial charge on any atom is 0.437 e. The number of ether oxygens (including phenoxy) is 1. The minimum absolute atomic E-state index is 0.530. The van der Waals surface area contributed by atoms with Gasteiger partial charge in [-0.2, -0.15) is 0 Å². The van der Waals surface area contributed by atoms with Crippen LogP contribution >= 0.6 is 15.9 Å². The topological polar surface area (TPSA) is 57.0 Å². The minimum atomic E-state index is -0.554. The van der Waals surface area contributed by atoms with Crippen LogP contribution in [0.5, 0.6) is 0 Å². The highest BCUT2D eigenvalue weighted by molar-refractivity contribution is 9.10. The van der Waals surface area contributed by atoms with Gasteiger partial charge in [-0.05, 0) is 39.0 Å². The summed E-state index contributed by atoms with van der Waals surface area (Å²) in [7, 11) is 0. The van der Waals surface area contributed by atoms with Crippen LogP contribution in [0.25, 0.3) is 11.0 Å². The zero-order valence-corrected chi connectivity index (χ0v) is 11.4. The van der Waals surface area contributed by atoms with Crippen molar-refractivity contribution in [2.24, 2.45) is 0 Å². The number of carbonyl (C=O) groups excluding carboxylic acids is 1. The molecule has 17 heavy (non-hydrogen) atoms. The quantitative estimate of drug-likeness (QED) is 0.750. The first-order chi connectivity index (χ1) is 7.87. The molecule has 0 bridgehead atoms. The Balaban J connectivity index is 2.42. The summed E-state index contributed by atoms with van der Waals surface area (Å²) in [5, 5.41) is 7.69. The van der Waals surface area contributed by atoms with Gasteiger partial charge in [-0.3, -0.25) is 0 Å². The first kappa shape index (κ1) is 12.0. The van der Waals surface area contributed by atoms with Crippen molar-refractivity contribution in [3.8, 4) is 0 Å². The monoisotopic (exact) mass is 297 g/mol. The van der Waals surface area contributed by atoms with Crippen LogP contribution in [0.3, 0.4) is 0 Å². The highest BCUT2D eigenvalue weighted by Gasteiger charge is 2.20. The summed E-state index contributed by atoms with van der Waals surface area (Å²) in [5.41, 5.74) is 0.717. The standard InChI is InChI=1S/C11H12BrN3O2/c1-11(2,3)17-10(16)15-9-6-7(12)4-5-8(9)13-14-15/h4-6H,1-3H3. The number of carbonyl (C=O) groups is 1. The van der Waals surface area contributed by atoms with Crippen LogP contribution in [0.1, 0.15) is 20.8 Å². The lowest BCUT2D eigenvalue weighted by molar-refractivity contribution is 0.0519. The first-order valence-corrected chi connectivity index (χ1v) is 5.90. The zero-order valence-electron chi connectivity index (χ0n) is 9.77. The molecule has 2 aromatic rings. The maximum absolute atomic E-state index is 11.9. The van der Waals surface area contributed by atoms with Crippen molar-refractivity contribution in [1.82, 2.24) is 15.0 Å². The molecule has 0 radical (unpaired) electrons. The number of benzene rings is 1. The van der Waals surface area contributed by atoms with Crippen LogP contribution in [-0.2, 0) is 4.74 Å². The second kappa shape index (κ2) is 4.10. The largest absolute Gasteiger partial charge is 0.442 e. The smallest absolute Gasteiger partial charge is 0.437 e. The molecule has 0 saturated heterocycles. The van der Waals surface area contributed by atoms with Crippen molar-refractivity contribution in [3.05, 3.63) is 22.7 Å². The molecule has 1 heterocycles. The van der Waals surface area contributed by atoms with Gasteiger partial charge in [-0.15, -0.1) is 9.78 Å². The van der Waals surface area contributed by atoms with E-state index >= 15 is 0 Å². The molecular formula is C11H12BrN3O2. The number of aromatic nitrogens is 3. The van der Waals surface area contributed by atoms with Gasteiger partial charge in [0.15, 0.2) is 0 Å². The predicted octanol–water partition coefficient (Wildman–Crippen LogP) is 2.98. The third-order valence-electron chi connectivity index (χ3n) is 1.97. The van der Waals surface area contributed by atoms with Gasteiger partial charge in [0.05, 0.1) is 0 Å². The van der Waals surface area contributed by atoms with Crippen LogP contribution in [0.2, 0.25) is 0 Å². The number of rotatable bonds is 0. The Hall–Kier alpha value is -1.43. The SMILES string of the molecule is CC(C)(C)OC(=O)n1nnc2ccc(Br)cc21. The fourth-order valence-electron chi connectivity index (χ4n) is 1.33. The van der Waals surface area contributed by atoms with Gasteiger partial charge in [0.1, 0.15) is 16.6 Å². The van der Waals surface area contributed by atoms with Gasteiger partial charge < -0.3 is 4.74 Å². The summed E-state index contributed by atoms with van der Waals surface area (Å²) in [4.78, 5) is 11.9. The summed E-state index contributed by atoms with van der Waals surface area (Å²) in [6.45, 7) is 5.42. The summed E-state index contributed by atoms with van der Waals surface area (Å²) in [6, 6.07) is 5.41. The van der Waals surface area contributed by atoms with E-state index in [9.17, 15) is 4.79 Å². The van der Waals surface area contributed by atoms with E-state index in [0.717, 1.165) is 9.15 Å². The van der Waals surface area contributed by atoms with Gasteiger partial charge in [0.25, 0.3) is 0 Å². The molecule has 0 unspecified atom stereocenters. The molecule has 0 atom stereocenters. The predicted molar refractivity (Wildman–Crippen MR) is 66.9 cm³/mol. The Bertz CT molecular complexity index is 572. The Morgan fingerprint density at radius 1 is 1.41 bits per heavy atom. The normalized spacial score (nSPS) is 11.8. The number of nitrogens with zero attached hydrogens (tertiary/aromatic N) is 3. The number of hydrogen-bond acceptors (Lipinski definition) is 4. The molecule has 0 amide bonds. The Morgan fingerprint density at radius 2 is 2.12 bits per heavy atom. The molecule has 2 rings (SSSR count). The number of hydrogen-bond donors (Lipinski definition) is 0. The molecule has 0 aliphatic heterocycles. The Labute approximate surface area is 107 Å². The molecule has 0 saturated carbocycles. The second-order valence-electron chi connectivity index (χ2n) is 4.61. The third kappa shape index (κ3) is 2.63. The molecule has 1 aromatic carbocycles. The summed E-state index contributed by atoms with van der Waals surface area (Å²) in [6.07, 6.45) is -0.530. The highest BCUT2D eigenvalue weighted by atomic mass is 79.9. The first-order valence-electron chi connectivity index (χ1n) is 5.11. The van der Waals surface area contributed by atoms with Gasteiger partial charge in [0.2, 0.25) is 0 Å². The van der Waals surface area contributed by atoms with E-state index in [0.29, 0.717) is 11.0 Å². The van der Waals surface area contributed by atoms with Crippen LogP contribution in [-0.4, -0.2) is 26.7 Å². The third-order valence-corrected chi connectivity index (χ3v) is 2.47. The second-order valence-corrected chi connectivity index (χ2v) is 5.53. The minimum Gasteiger partial charge on any atom is -0.442 e. The van der Waals surface area contributed by atoms with E-state index in [4.69, 9.17) is 4.74 Å². The van der Waals surface area contributed by atoms with Crippen molar-refractivity contribution in [3.63, 3.8) is 0 Å². The highest BCUT2D eigenvalue weighted by Crippen LogP contribution is 2.18. The van der Waals surface area contributed by atoms with E-state index in [-0.39, 0.29) is 0 Å². The molecule has 90 valence electrons. The molecule has 1 aromatic heterocycles. The van der Waals surface area contributed by atoms with E-state index in [1.165, 1.54) is 0 Å². The molecule has 0 aliphatic carbocycles. The molecule has 6 heteroatoms. The summed E-state index contributed by atoms with van der Waals surface area (Å²) >= 11 is 3.34. The maximum atomic E-state index is 11.9. The fraction of sp³-hybridized carbons (Fsp3) is 0.364. The molecule has 0 spiro atoms. The van der Waals surface area contributed by atoms with E-state index in [1.54, 1.807) is 32.9 Å². The summed E-state index contributed by atoms with van der Waals surface area (Å²) in [5.74, 6) is 0. The van der Waals surface area contributed by atoms with Crippen molar-refractivity contribution in [1.29, 1.82) is 0 Å². The number of fused-ring (bicyclic) bond motifs is 1. The van der Waals surface area contributed by atoms with Crippen molar-refractivity contribution >= 4 is 33.1 Å². The van der Waals surface area contributed by atoms with Gasteiger partial charge in [-0.25, -0.2) is 4.79 Å². The van der Waals surface area contributed by atoms with Gasteiger partial charge in [0, 0.05) is 4.47 Å². The lowest BCUT2D eigenvalue weighted by atomic mass is 10.2. The molecular weight excluding hydrogens is 286 g/mol. The van der Waals surface area contributed by atoms with Crippen LogP contribution in [0, 0.1) is 0 Å². The molecule has 0 aliphatic rings.